The van der Waals surface area contributed by atoms with Crippen LogP contribution in [0.5, 0.6) is 0 Å². The average molecular weight is 321 g/mol. The van der Waals surface area contributed by atoms with Crippen molar-refractivity contribution < 1.29 is 4.79 Å². The van der Waals surface area contributed by atoms with E-state index in [4.69, 9.17) is 0 Å². The number of thiophene rings is 1. The van der Waals surface area contributed by atoms with Crippen LogP contribution >= 0.6 is 11.3 Å². The zero-order valence-electron chi connectivity index (χ0n) is 13.2. The van der Waals surface area contributed by atoms with Crippen molar-refractivity contribution in [2.75, 3.05) is 0 Å². The summed E-state index contributed by atoms with van der Waals surface area (Å²) in [5, 5.41) is 5.09. The maximum absolute atomic E-state index is 12.5. The van der Waals surface area contributed by atoms with Gasteiger partial charge in [0, 0.05) is 0 Å². The van der Waals surface area contributed by atoms with Crippen LogP contribution in [0.4, 0.5) is 0 Å². The lowest BCUT2D eigenvalue weighted by molar-refractivity contribution is 0.0947. The SMILES string of the molecule is Cc1ccc(C(NC(=O)c2cccs2)c2ccccc2)cc1C. The summed E-state index contributed by atoms with van der Waals surface area (Å²) < 4.78 is 0. The van der Waals surface area contributed by atoms with Gasteiger partial charge in [-0.05, 0) is 47.5 Å². The lowest BCUT2D eigenvalue weighted by atomic mass is 9.95. The van der Waals surface area contributed by atoms with Gasteiger partial charge in [-0.15, -0.1) is 11.3 Å². The zero-order valence-corrected chi connectivity index (χ0v) is 14.1. The van der Waals surface area contributed by atoms with Crippen molar-refractivity contribution in [3.05, 3.63) is 93.2 Å². The molecule has 3 heteroatoms. The minimum atomic E-state index is -0.148. The number of hydrogen-bond donors (Lipinski definition) is 1. The number of benzene rings is 2. The van der Waals surface area contributed by atoms with E-state index >= 15 is 0 Å². The van der Waals surface area contributed by atoms with Gasteiger partial charge in [-0.1, -0.05) is 54.6 Å². The molecule has 0 fully saturated rings. The van der Waals surface area contributed by atoms with Crippen molar-refractivity contribution in [1.82, 2.24) is 5.32 Å². The summed E-state index contributed by atoms with van der Waals surface area (Å²) >= 11 is 1.46. The maximum Gasteiger partial charge on any atom is 0.262 e. The van der Waals surface area contributed by atoms with E-state index < -0.39 is 0 Å². The highest BCUT2D eigenvalue weighted by molar-refractivity contribution is 7.12. The monoisotopic (exact) mass is 321 g/mol. The third-order valence-electron chi connectivity index (χ3n) is 4.02. The summed E-state index contributed by atoms with van der Waals surface area (Å²) in [7, 11) is 0. The standard InChI is InChI=1S/C20H19NOS/c1-14-10-11-17(13-15(14)2)19(16-7-4-3-5-8-16)21-20(22)18-9-6-12-23-18/h3-13,19H,1-2H3,(H,21,22). The molecule has 0 bridgehead atoms. The molecule has 0 spiro atoms. The molecule has 0 radical (unpaired) electrons. The highest BCUT2D eigenvalue weighted by Gasteiger charge is 2.18. The van der Waals surface area contributed by atoms with Crippen molar-refractivity contribution in [3.63, 3.8) is 0 Å². The Bertz CT molecular complexity index is 794. The van der Waals surface area contributed by atoms with Gasteiger partial charge in [-0.2, -0.15) is 0 Å². The summed E-state index contributed by atoms with van der Waals surface area (Å²) in [6, 6.07) is 20.0. The lowest BCUT2D eigenvalue weighted by Crippen LogP contribution is -2.28. The average Bonchev–Trinajstić information content (AvgIpc) is 3.10. The van der Waals surface area contributed by atoms with Gasteiger partial charge < -0.3 is 5.32 Å². The summed E-state index contributed by atoms with van der Waals surface area (Å²) in [6.07, 6.45) is 0. The number of amides is 1. The number of carbonyl (C=O) groups excluding carboxylic acids is 1. The van der Waals surface area contributed by atoms with Crippen LogP contribution in [-0.4, -0.2) is 5.91 Å². The first-order chi connectivity index (χ1) is 11.1. The van der Waals surface area contributed by atoms with Crippen molar-refractivity contribution in [1.29, 1.82) is 0 Å². The van der Waals surface area contributed by atoms with Gasteiger partial charge in [0.2, 0.25) is 0 Å². The normalized spacial score (nSPS) is 11.9. The molecule has 23 heavy (non-hydrogen) atoms. The van der Waals surface area contributed by atoms with Crippen LogP contribution in [0.15, 0.2) is 66.0 Å². The Balaban J connectivity index is 1.97. The van der Waals surface area contributed by atoms with Crippen LogP contribution in [0.25, 0.3) is 0 Å². The quantitative estimate of drug-likeness (QED) is 0.728. The smallest absolute Gasteiger partial charge is 0.262 e. The van der Waals surface area contributed by atoms with E-state index in [9.17, 15) is 4.79 Å². The van der Waals surface area contributed by atoms with Gasteiger partial charge in [-0.25, -0.2) is 0 Å². The Labute approximate surface area is 140 Å². The van der Waals surface area contributed by atoms with Gasteiger partial charge in [0.25, 0.3) is 5.91 Å². The number of aryl methyl sites for hydroxylation is 2. The molecule has 0 saturated heterocycles. The highest BCUT2D eigenvalue weighted by atomic mass is 32.1. The molecule has 1 atom stereocenters. The summed E-state index contributed by atoms with van der Waals surface area (Å²) in [4.78, 5) is 13.2. The Kier molecular flexibility index (Phi) is 4.58. The number of rotatable bonds is 4. The zero-order chi connectivity index (χ0) is 16.2. The highest BCUT2D eigenvalue weighted by Crippen LogP contribution is 2.25. The van der Waals surface area contributed by atoms with E-state index in [2.05, 4.69) is 49.5 Å². The second-order valence-electron chi connectivity index (χ2n) is 5.64. The minimum absolute atomic E-state index is 0.0351. The molecule has 1 heterocycles. The van der Waals surface area contributed by atoms with Crippen molar-refractivity contribution >= 4 is 17.2 Å². The van der Waals surface area contributed by atoms with Gasteiger partial charge in [-0.3, -0.25) is 4.79 Å². The number of hydrogen-bond acceptors (Lipinski definition) is 2. The lowest BCUT2D eigenvalue weighted by Gasteiger charge is -2.20. The van der Waals surface area contributed by atoms with Gasteiger partial charge in [0.1, 0.15) is 0 Å². The summed E-state index contributed by atoms with van der Waals surface area (Å²) in [6.45, 7) is 4.20. The number of carbonyl (C=O) groups is 1. The topological polar surface area (TPSA) is 29.1 Å². The Morgan fingerprint density at radius 3 is 2.35 bits per heavy atom. The van der Waals surface area contributed by atoms with Gasteiger partial charge >= 0.3 is 0 Å². The molecule has 0 aliphatic carbocycles. The Morgan fingerprint density at radius 2 is 1.70 bits per heavy atom. The fourth-order valence-corrected chi connectivity index (χ4v) is 3.19. The van der Waals surface area contributed by atoms with Crippen molar-refractivity contribution in [2.24, 2.45) is 0 Å². The van der Waals surface area contributed by atoms with Gasteiger partial charge in [0.05, 0.1) is 10.9 Å². The molecule has 116 valence electrons. The predicted octanol–water partition coefficient (Wildman–Crippen LogP) is 4.88. The Hall–Kier alpha value is -2.39. The van der Waals surface area contributed by atoms with Crippen LogP contribution in [0.1, 0.15) is 38.0 Å². The number of nitrogens with one attached hydrogen (secondary N) is 1. The molecule has 0 aliphatic heterocycles. The van der Waals surface area contributed by atoms with Crippen LogP contribution in [0.2, 0.25) is 0 Å². The largest absolute Gasteiger partial charge is 0.340 e. The van der Waals surface area contributed by atoms with Crippen molar-refractivity contribution in [3.8, 4) is 0 Å². The first kappa shape index (κ1) is 15.5. The minimum Gasteiger partial charge on any atom is -0.340 e. The second kappa shape index (κ2) is 6.80. The fourth-order valence-electron chi connectivity index (χ4n) is 2.56. The maximum atomic E-state index is 12.5. The molecular formula is C20H19NOS. The molecule has 2 aromatic carbocycles. The second-order valence-corrected chi connectivity index (χ2v) is 6.59. The molecule has 2 nitrogen and oxygen atoms in total. The molecule has 1 unspecified atom stereocenters. The van der Waals surface area contributed by atoms with Crippen molar-refractivity contribution in [2.45, 2.75) is 19.9 Å². The molecular weight excluding hydrogens is 302 g/mol. The van der Waals surface area contributed by atoms with E-state index in [0.29, 0.717) is 0 Å². The summed E-state index contributed by atoms with van der Waals surface area (Å²) in [5.74, 6) is -0.0351. The van der Waals surface area contributed by atoms with E-state index in [-0.39, 0.29) is 11.9 Å². The van der Waals surface area contributed by atoms with Crippen LogP contribution in [0, 0.1) is 13.8 Å². The van der Waals surface area contributed by atoms with E-state index in [1.54, 1.807) is 0 Å². The predicted molar refractivity (Wildman–Crippen MR) is 96.0 cm³/mol. The molecule has 3 aromatic rings. The Morgan fingerprint density at radius 1 is 0.913 bits per heavy atom. The summed E-state index contributed by atoms with van der Waals surface area (Å²) in [5.41, 5.74) is 4.67. The first-order valence-corrected chi connectivity index (χ1v) is 8.49. The van der Waals surface area contributed by atoms with E-state index in [1.165, 1.54) is 22.5 Å². The van der Waals surface area contributed by atoms with Crippen LogP contribution in [0.3, 0.4) is 0 Å². The molecule has 0 saturated carbocycles. The third-order valence-corrected chi connectivity index (χ3v) is 4.89. The molecule has 1 N–H and O–H groups in total. The van der Waals surface area contributed by atoms with Crippen LogP contribution < -0.4 is 5.32 Å². The molecule has 1 amide bonds. The van der Waals surface area contributed by atoms with Gasteiger partial charge in [0.15, 0.2) is 0 Å². The third kappa shape index (κ3) is 3.51. The molecule has 0 aliphatic rings. The first-order valence-electron chi connectivity index (χ1n) is 7.61. The molecule has 1 aromatic heterocycles. The fraction of sp³-hybridized carbons (Fsp3) is 0.150. The van der Waals surface area contributed by atoms with Crippen LogP contribution in [-0.2, 0) is 0 Å². The molecule has 3 rings (SSSR count). The van der Waals surface area contributed by atoms with E-state index in [0.717, 1.165) is 16.0 Å². The van der Waals surface area contributed by atoms with E-state index in [1.807, 2.05) is 35.7 Å².